The van der Waals surface area contributed by atoms with Crippen LogP contribution in [0.25, 0.3) is 0 Å². The normalized spacial score (nSPS) is 21.0. The van der Waals surface area contributed by atoms with Crippen LogP contribution in [-0.2, 0) is 21.8 Å². The number of piperidine rings is 1. The van der Waals surface area contributed by atoms with E-state index >= 15 is 0 Å². The fourth-order valence-corrected chi connectivity index (χ4v) is 3.93. The van der Waals surface area contributed by atoms with Crippen molar-refractivity contribution in [3.63, 3.8) is 0 Å². The minimum atomic E-state index is -3.67. The van der Waals surface area contributed by atoms with Gasteiger partial charge in [0.05, 0.1) is 6.10 Å². The lowest BCUT2D eigenvalue weighted by Gasteiger charge is -2.30. The van der Waals surface area contributed by atoms with E-state index in [0.29, 0.717) is 13.1 Å². The van der Waals surface area contributed by atoms with Crippen LogP contribution in [0.1, 0.15) is 23.3 Å². The van der Waals surface area contributed by atoms with E-state index in [1.165, 1.54) is 28.2 Å². The van der Waals surface area contributed by atoms with Gasteiger partial charge in [0, 0.05) is 33.4 Å². The van der Waals surface area contributed by atoms with Gasteiger partial charge in [-0.3, -0.25) is 0 Å². The molecule has 1 aliphatic heterocycles. The number of aryl methyl sites for hydroxylation is 1. The number of carboxylic acid groups (broad SMARTS) is 1. The topological polar surface area (TPSA) is 88.8 Å². The number of rotatable bonds is 4. The van der Waals surface area contributed by atoms with Crippen molar-refractivity contribution in [3.05, 3.63) is 18.0 Å². The van der Waals surface area contributed by atoms with Crippen LogP contribution in [0, 0.1) is 0 Å². The molecule has 112 valence electrons. The fraction of sp³-hybridized carbons (Fsp3) is 0.583. The third-order valence-corrected chi connectivity index (χ3v) is 5.34. The fourth-order valence-electron chi connectivity index (χ4n) is 2.35. The van der Waals surface area contributed by atoms with Crippen molar-refractivity contribution in [3.8, 4) is 0 Å². The van der Waals surface area contributed by atoms with Crippen molar-refractivity contribution in [2.75, 3.05) is 20.2 Å². The van der Waals surface area contributed by atoms with Gasteiger partial charge in [0.15, 0.2) is 0 Å². The molecular formula is C12H18N2O5S. The van der Waals surface area contributed by atoms with Gasteiger partial charge >= 0.3 is 5.97 Å². The Morgan fingerprint density at radius 2 is 2.20 bits per heavy atom. The zero-order valence-electron chi connectivity index (χ0n) is 11.4. The Balaban J connectivity index is 2.30. The summed E-state index contributed by atoms with van der Waals surface area (Å²) in [6.07, 6.45) is 2.78. The van der Waals surface area contributed by atoms with Crippen LogP contribution in [0.5, 0.6) is 0 Å². The van der Waals surface area contributed by atoms with Crippen molar-refractivity contribution < 1.29 is 23.1 Å². The molecular weight excluding hydrogens is 284 g/mol. The van der Waals surface area contributed by atoms with Crippen LogP contribution in [0.2, 0.25) is 0 Å². The van der Waals surface area contributed by atoms with E-state index in [1.54, 1.807) is 7.11 Å². The maximum absolute atomic E-state index is 12.5. The van der Waals surface area contributed by atoms with Crippen LogP contribution in [0.3, 0.4) is 0 Å². The molecule has 0 bridgehead atoms. The maximum atomic E-state index is 12.5. The molecule has 0 aromatic carbocycles. The molecule has 1 saturated heterocycles. The van der Waals surface area contributed by atoms with Crippen LogP contribution in [0.4, 0.5) is 0 Å². The zero-order chi connectivity index (χ0) is 14.9. The molecule has 0 amide bonds. The molecule has 1 unspecified atom stereocenters. The summed E-state index contributed by atoms with van der Waals surface area (Å²) in [7, 11) is -0.599. The van der Waals surface area contributed by atoms with Gasteiger partial charge in [-0.1, -0.05) is 0 Å². The number of carbonyl (C=O) groups is 1. The van der Waals surface area contributed by atoms with E-state index in [-0.39, 0.29) is 16.7 Å². The number of hydrogen-bond acceptors (Lipinski definition) is 4. The lowest BCUT2D eigenvalue weighted by atomic mass is 10.1. The Bertz CT molecular complexity index is 607. The lowest BCUT2D eigenvalue weighted by molar-refractivity contribution is 0.0572. The molecule has 1 N–H and O–H groups in total. The molecule has 1 aromatic rings. The predicted octanol–water partition coefficient (Wildman–Crippen LogP) is 0.523. The number of methoxy groups -OCH3 is 1. The standard InChI is InChI=1S/C12H18N2O5S/c1-13-8-10(6-11(13)12(15)16)20(17,18)14-5-3-4-9(7-14)19-2/h6,8-9H,3-5,7H2,1-2H3,(H,15,16). The minimum Gasteiger partial charge on any atom is -0.477 e. The first-order chi connectivity index (χ1) is 9.36. The summed E-state index contributed by atoms with van der Waals surface area (Å²) in [5.41, 5.74) is -0.0520. The lowest BCUT2D eigenvalue weighted by Crippen LogP contribution is -2.42. The SMILES string of the molecule is COC1CCCN(S(=O)(=O)c2cc(C(=O)O)n(C)c2)C1. The molecule has 7 nitrogen and oxygen atoms in total. The molecule has 0 spiro atoms. The average molecular weight is 302 g/mol. The van der Waals surface area contributed by atoms with E-state index in [0.717, 1.165) is 12.8 Å². The highest BCUT2D eigenvalue weighted by molar-refractivity contribution is 7.89. The summed E-state index contributed by atoms with van der Waals surface area (Å²) in [4.78, 5) is 11.0. The molecule has 20 heavy (non-hydrogen) atoms. The second kappa shape index (κ2) is 5.55. The van der Waals surface area contributed by atoms with Gasteiger partial charge < -0.3 is 14.4 Å². The summed E-state index contributed by atoms with van der Waals surface area (Å²) in [5.74, 6) is -1.15. The summed E-state index contributed by atoms with van der Waals surface area (Å²) < 4.78 is 32.9. The number of sulfonamides is 1. The van der Waals surface area contributed by atoms with Gasteiger partial charge in [0.25, 0.3) is 0 Å². The molecule has 1 aliphatic rings. The first-order valence-corrected chi connectivity index (χ1v) is 7.73. The van der Waals surface area contributed by atoms with Crippen LogP contribution in [0.15, 0.2) is 17.2 Å². The van der Waals surface area contributed by atoms with Gasteiger partial charge in [-0.15, -0.1) is 0 Å². The van der Waals surface area contributed by atoms with Gasteiger partial charge in [0.1, 0.15) is 10.6 Å². The van der Waals surface area contributed by atoms with E-state index in [1.807, 2.05) is 0 Å². The number of aromatic nitrogens is 1. The highest BCUT2D eigenvalue weighted by Gasteiger charge is 2.31. The number of aromatic carboxylic acids is 1. The molecule has 1 fully saturated rings. The smallest absolute Gasteiger partial charge is 0.352 e. The maximum Gasteiger partial charge on any atom is 0.352 e. The molecule has 1 aromatic heterocycles. The highest BCUT2D eigenvalue weighted by Crippen LogP contribution is 2.23. The molecule has 0 saturated carbocycles. The largest absolute Gasteiger partial charge is 0.477 e. The Labute approximate surface area is 117 Å². The average Bonchev–Trinajstić information content (AvgIpc) is 2.82. The van der Waals surface area contributed by atoms with Crippen LogP contribution < -0.4 is 0 Å². The van der Waals surface area contributed by atoms with Crippen LogP contribution >= 0.6 is 0 Å². The third kappa shape index (κ3) is 2.72. The molecule has 1 atom stereocenters. The Kier molecular flexibility index (Phi) is 4.17. The van der Waals surface area contributed by atoms with Crippen molar-refractivity contribution in [2.45, 2.75) is 23.8 Å². The van der Waals surface area contributed by atoms with Crippen LogP contribution in [-0.4, -0.2) is 54.7 Å². The molecule has 8 heteroatoms. The highest BCUT2D eigenvalue weighted by atomic mass is 32.2. The second-order valence-corrected chi connectivity index (χ2v) is 6.78. The predicted molar refractivity (Wildman–Crippen MR) is 71.2 cm³/mol. The number of carboxylic acids is 1. The first-order valence-electron chi connectivity index (χ1n) is 6.29. The Hall–Kier alpha value is -1.38. The summed E-state index contributed by atoms with van der Waals surface area (Å²) in [6, 6.07) is 1.19. The van der Waals surface area contributed by atoms with Crippen molar-refractivity contribution >= 4 is 16.0 Å². The number of hydrogen-bond donors (Lipinski definition) is 1. The molecule has 2 rings (SSSR count). The summed E-state index contributed by atoms with van der Waals surface area (Å²) in [5, 5.41) is 8.99. The molecule has 0 aliphatic carbocycles. The molecule has 2 heterocycles. The van der Waals surface area contributed by atoms with Gasteiger partial charge in [0.2, 0.25) is 10.0 Å². The Morgan fingerprint density at radius 3 is 2.75 bits per heavy atom. The van der Waals surface area contributed by atoms with E-state index in [9.17, 15) is 13.2 Å². The summed E-state index contributed by atoms with van der Waals surface area (Å²) >= 11 is 0. The number of ether oxygens (including phenoxy) is 1. The number of nitrogens with zero attached hydrogens (tertiary/aromatic N) is 2. The van der Waals surface area contributed by atoms with Gasteiger partial charge in [-0.2, -0.15) is 4.31 Å². The van der Waals surface area contributed by atoms with Crippen molar-refractivity contribution in [1.29, 1.82) is 0 Å². The van der Waals surface area contributed by atoms with Gasteiger partial charge in [-0.05, 0) is 18.9 Å². The first kappa shape index (κ1) is 15.0. The summed E-state index contributed by atoms with van der Waals surface area (Å²) in [6.45, 7) is 0.732. The minimum absolute atomic E-state index is 0.00848. The van der Waals surface area contributed by atoms with E-state index < -0.39 is 16.0 Å². The van der Waals surface area contributed by atoms with Crippen molar-refractivity contribution in [1.82, 2.24) is 8.87 Å². The zero-order valence-corrected chi connectivity index (χ0v) is 12.3. The Morgan fingerprint density at radius 1 is 1.50 bits per heavy atom. The monoisotopic (exact) mass is 302 g/mol. The van der Waals surface area contributed by atoms with Gasteiger partial charge in [-0.25, -0.2) is 13.2 Å². The van der Waals surface area contributed by atoms with E-state index in [2.05, 4.69) is 0 Å². The second-order valence-electron chi connectivity index (χ2n) is 4.84. The van der Waals surface area contributed by atoms with Crippen molar-refractivity contribution in [2.24, 2.45) is 7.05 Å². The van der Waals surface area contributed by atoms with E-state index in [4.69, 9.17) is 9.84 Å². The third-order valence-electron chi connectivity index (χ3n) is 3.51. The quantitative estimate of drug-likeness (QED) is 0.876. The molecule has 0 radical (unpaired) electrons.